The molecule has 32 heavy (non-hydrogen) atoms. The fourth-order valence-corrected chi connectivity index (χ4v) is 4.33. The van der Waals surface area contributed by atoms with E-state index < -0.39 is 0 Å². The highest BCUT2D eigenvalue weighted by Crippen LogP contribution is 2.35. The Morgan fingerprint density at radius 3 is 2.25 bits per heavy atom. The maximum absolute atomic E-state index is 5.53. The first kappa shape index (κ1) is 21.9. The largest absolute Gasteiger partial charge is 0.497 e. The van der Waals surface area contributed by atoms with Gasteiger partial charge in [0.15, 0.2) is 0 Å². The van der Waals surface area contributed by atoms with Crippen LogP contribution in [-0.4, -0.2) is 49.3 Å². The molecule has 0 spiro atoms. The van der Waals surface area contributed by atoms with Gasteiger partial charge in [-0.05, 0) is 62.0 Å². The van der Waals surface area contributed by atoms with Gasteiger partial charge in [0.2, 0.25) is 0 Å². The van der Waals surface area contributed by atoms with Gasteiger partial charge in [0.1, 0.15) is 11.5 Å². The zero-order chi connectivity index (χ0) is 22.7. The summed E-state index contributed by atoms with van der Waals surface area (Å²) in [5.41, 5.74) is 5.66. The van der Waals surface area contributed by atoms with E-state index in [2.05, 4.69) is 72.0 Å². The lowest BCUT2D eigenvalue weighted by Gasteiger charge is -2.18. The first-order chi connectivity index (χ1) is 15.5. The third-order valence-electron chi connectivity index (χ3n) is 5.75. The van der Waals surface area contributed by atoms with Crippen LogP contribution in [0.3, 0.4) is 0 Å². The number of pyridine rings is 1. The molecule has 2 heterocycles. The molecule has 4 rings (SSSR count). The summed E-state index contributed by atoms with van der Waals surface area (Å²) in [5, 5.41) is 1.18. The van der Waals surface area contributed by atoms with E-state index in [4.69, 9.17) is 9.47 Å². The number of hydrogen-bond donors (Lipinski definition) is 0. The number of rotatable bonds is 8. The standard InChI is InChI=1S/C27H31N3O2/c1-19(16-29(2)3)17-30-18-26(25-13-24(32-5)10-11-27(25)30)22-12-21(14-28-15-22)20-6-8-23(31-4)9-7-20/h6-15,18-19H,16-17H2,1-5H3. The first-order valence-corrected chi connectivity index (χ1v) is 10.9. The van der Waals surface area contributed by atoms with Crippen LogP contribution < -0.4 is 9.47 Å². The summed E-state index contributed by atoms with van der Waals surface area (Å²) >= 11 is 0. The van der Waals surface area contributed by atoms with Crippen LogP contribution in [0.5, 0.6) is 11.5 Å². The molecule has 0 saturated carbocycles. The smallest absolute Gasteiger partial charge is 0.119 e. The number of benzene rings is 2. The van der Waals surface area contributed by atoms with Crippen molar-refractivity contribution in [1.29, 1.82) is 0 Å². The molecule has 0 aliphatic heterocycles. The summed E-state index contributed by atoms with van der Waals surface area (Å²) in [7, 11) is 7.64. The molecule has 5 heteroatoms. The van der Waals surface area contributed by atoms with Crippen molar-refractivity contribution in [2.45, 2.75) is 13.5 Å². The molecule has 2 aromatic carbocycles. The Balaban J connectivity index is 1.77. The summed E-state index contributed by atoms with van der Waals surface area (Å²) in [6.45, 7) is 4.28. The third kappa shape index (κ3) is 4.63. The Bertz CT molecular complexity index is 1200. The summed E-state index contributed by atoms with van der Waals surface area (Å²) < 4.78 is 13.2. The Morgan fingerprint density at radius 2 is 1.56 bits per heavy atom. The highest BCUT2D eigenvalue weighted by Gasteiger charge is 2.15. The van der Waals surface area contributed by atoms with Crippen LogP contribution in [0, 0.1) is 5.92 Å². The molecule has 0 fully saturated rings. The van der Waals surface area contributed by atoms with Crippen LogP contribution in [-0.2, 0) is 6.54 Å². The van der Waals surface area contributed by atoms with Gasteiger partial charge in [-0.2, -0.15) is 0 Å². The highest BCUT2D eigenvalue weighted by atomic mass is 16.5. The maximum atomic E-state index is 5.53. The molecule has 0 aliphatic carbocycles. The van der Waals surface area contributed by atoms with Crippen LogP contribution >= 0.6 is 0 Å². The van der Waals surface area contributed by atoms with Gasteiger partial charge in [-0.15, -0.1) is 0 Å². The molecule has 166 valence electrons. The van der Waals surface area contributed by atoms with E-state index in [0.29, 0.717) is 5.92 Å². The molecule has 0 radical (unpaired) electrons. The highest BCUT2D eigenvalue weighted by molar-refractivity contribution is 5.97. The topological polar surface area (TPSA) is 39.5 Å². The molecule has 5 nitrogen and oxygen atoms in total. The number of methoxy groups -OCH3 is 2. The Morgan fingerprint density at radius 1 is 0.875 bits per heavy atom. The van der Waals surface area contributed by atoms with Crippen molar-refractivity contribution in [3.8, 4) is 33.8 Å². The number of hydrogen-bond acceptors (Lipinski definition) is 4. The predicted molar refractivity (Wildman–Crippen MR) is 131 cm³/mol. The summed E-state index contributed by atoms with van der Waals surface area (Å²) in [5.74, 6) is 2.23. The molecular formula is C27H31N3O2. The van der Waals surface area contributed by atoms with E-state index >= 15 is 0 Å². The molecule has 4 aromatic rings. The first-order valence-electron chi connectivity index (χ1n) is 10.9. The average Bonchev–Trinajstić information content (AvgIpc) is 3.16. The molecule has 0 aliphatic rings. The Labute approximate surface area is 190 Å². The fraction of sp³-hybridized carbons (Fsp3) is 0.296. The minimum Gasteiger partial charge on any atom is -0.497 e. The Hall–Kier alpha value is -3.31. The molecule has 0 saturated heterocycles. The SMILES string of the molecule is COc1ccc(-c2cncc(-c3cn(CC(C)CN(C)C)c4ccc(OC)cc34)c2)cc1. The maximum Gasteiger partial charge on any atom is 0.119 e. The van der Waals surface area contributed by atoms with Gasteiger partial charge in [-0.25, -0.2) is 0 Å². The monoisotopic (exact) mass is 429 g/mol. The summed E-state index contributed by atoms with van der Waals surface area (Å²) in [6, 6.07) is 16.6. The lowest BCUT2D eigenvalue weighted by atomic mass is 10.0. The van der Waals surface area contributed by atoms with Gasteiger partial charge >= 0.3 is 0 Å². The van der Waals surface area contributed by atoms with Crippen molar-refractivity contribution in [3.63, 3.8) is 0 Å². The fourth-order valence-electron chi connectivity index (χ4n) is 4.33. The van der Waals surface area contributed by atoms with Gasteiger partial charge in [0.25, 0.3) is 0 Å². The third-order valence-corrected chi connectivity index (χ3v) is 5.75. The van der Waals surface area contributed by atoms with Crippen LogP contribution in [0.1, 0.15) is 6.92 Å². The van der Waals surface area contributed by atoms with Gasteiger partial charge in [0.05, 0.1) is 14.2 Å². The van der Waals surface area contributed by atoms with Gasteiger partial charge in [0, 0.05) is 59.3 Å². The molecule has 1 unspecified atom stereocenters. The van der Waals surface area contributed by atoms with Gasteiger partial charge in [-0.3, -0.25) is 4.98 Å². The second-order valence-corrected chi connectivity index (χ2v) is 8.64. The Kier molecular flexibility index (Phi) is 6.47. The van der Waals surface area contributed by atoms with E-state index in [1.807, 2.05) is 30.6 Å². The van der Waals surface area contributed by atoms with Crippen LogP contribution in [0.4, 0.5) is 0 Å². The van der Waals surface area contributed by atoms with Crippen LogP contribution in [0.15, 0.2) is 67.1 Å². The molecule has 0 amide bonds. The normalized spacial score (nSPS) is 12.3. The number of aromatic nitrogens is 2. The minimum atomic E-state index is 0.527. The minimum absolute atomic E-state index is 0.527. The van der Waals surface area contributed by atoms with Crippen LogP contribution in [0.25, 0.3) is 33.2 Å². The second-order valence-electron chi connectivity index (χ2n) is 8.64. The predicted octanol–water partition coefficient (Wildman–Crippen LogP) is 5.59. The van der Waals surface area contributed by atoms with E-state index in [0.717, 1.165) is 41.3 Å². The molecular weight excluding hydrogens is 398 g/mol. The van der Waals surface area contributed by atoms with Gasteiger partial charge in [-0.1, -0.05) is 19.1 Å². The van der Waals surface area contributed by atoms with E-state index in [9.17, 15) is 0 Å². The van der Waals surface area contributed by atoms with Crippen molar-refractivity contribution >= 4 is 10.9 Å². The molecule has 2 aromatic heterocycles. The number of nitrogens with zero attached hydrogens (tertiary/aromatic N) is 3. The van der Waals surface area contributed by atoms with Crippen molar-refractivity contribution in [1.82, 2.24) is 14.5 Å². The van der Waals surface area contributed by atoms with E-state index in [1.165, 1.54) is 16.5 Å². The lowest BCUT2D eigenvalue weighted by molar-refractivity contribution is 0.318. The molecule has 0 bridgehead atoms. The van der Waals surface area contributed by atoms with Crippen molar-refractivity contribution in [3.05, 3.63) is 67.1 Å². The molecule has 1 atom stereocenters. The molecule has 0 N–H and O–H groups in total. The zero-order valence-electron chi connectivity index (χ0n) is 19.5. The van der Waals surface area contributed by atoms with Crippen LogP contribution in [0.2, 0.25) is 0 Å². The number of ether oxygens (including phenoxy) is 2. The van der Waals surface area contributed by atoms with E-state index in [-0.39, 0.29) is 0 Å². The summed E-state index contributed by atoms with van der Waals surface area (Å²) in [6.07, 6.45) is 6.10. The summed E-state index contributed by atoms with van der Waals surface area (Å²) in [4.78, 5) is 6.80. The van der Waals surface area contributed by atoms with Gasteiger partial charge < -0.3 is 18.9 Å². The second kappa shape index (κ2) is 9.45. The van der Waals surface area contributed by atoms with Crippen molar-refractivity contribution < 1.29 is 9.47 Å². The van der Waals surface area contributed by atoms with E-state index in [1.54, 1.807) is 14.2 Å². The quantitative estimate of drug-likeness (QED) is 0.366. The van der Waals surface area contributed by atoms with Crippen molar-refractivity contribution in [2.24, 2.45) is 5.92 Å². The van der Waals surface area contributed by atoms with Crippen molar-refractivity contribution in [2.75, 3.05) is 34.9 Å². The average molecular weight is 430 g/mol. The lowest BCUT2D eigenvalue weighted by Crippen LogP contribution is -2.22. The zero-order valence-corrected chi connectivity index (χ0v) is 19.5. The number of fused-ring (bicyclic) bond motifs is 1.